The number of benzene rings is 2. The lowest BCUT2D eigenvalue weighted by Crippen LogP contribution is -2.41. The van der Waals surface area contributed by atoms with Crippen LogP contribution in [-0.2, 0) is 6.54 Å². The maximum atomic E-state index is 12.6. The molecule has 0 unspecified atom stereocenters. The van der Waals surface area contributed by atoms with Gasteiger partial charge in [-0.25, -0.2) is 0 Å². The highest BCUT2D eigenvalue weighted by atomic mass is 16.9. The fraction of sp³-hybridized carbons (Fsp3) is 0.500. The van der Waals surface area contributed by atoms with E-state index in [1.165, 1.54) is 0 Å². The van der Waals surface area contributed by atoms with Gasteiger partial charge in [-0.3, -0.25) is 5.23 Å². The van der Waals surface area contributed by atoms with E-state index in [4.69, 9.17) is 9.57 Å². The van der Waals surface area contributed by atoms with Crippen molar-refractivity contribution in [2.24, 2.45) is 0 Å². The molecule has 0 saturated carbocycles. The van der Waals surface area contributed by atoms with Gasteiger partial charge in [0.25, 0.3) is 0 Å². The lowest BCUT2D eigenvalue weighted by molar-refractivity contribution is 0.145. The lowest BCUT2D eigenvalue weighted by Gasteiger charge is -2.46. The van der Waals surface area contributed by atoms with Crippen LogP contribution < -0.4 is 14.8 Å². The molecule has 2 rings (SSSR count). The predicted molar refractivity (Wildman–Crippen MR) is 122 cm³/mol. The van der Waals surface area contributed by atoms with Crippen LogP contribution >= 0.6 is 0 Å². The molecule has 0 aliphatic carbocycles. The van der Waals surface area contributed by atoms with E-state index in [-0.39, 0.29) is 12.6 Å². The quantitative estimate of drug-likeness (QED) is 0.373. The number of hydroxylamine groups is 2. The van der Waals surface area contributed by atoms with Crippen molar-refractivity contribution < 1.29 is 9.57 Å². The second kappa shape index (κ2) is 11.2. The summed E-state index contributed by atoms with van der Waals surface area (Å²) in [4.78, 5) is 5.47. The zero-order valence-electron chi connectivity index (χ0n) is 18.8. The van der Waals surface area contributed by atoms with Gasteiger partial charge in [0.15, 0.2) is 5.75 Å². The van der Waals surface area contributed by atoms with Gasteiger partial charge < -0.3 is 25.1 Å². The monoisotopic (exact) mass is 414 g/mol. The van der Waals surface area contributed by atoms with E-state index in [9.17, 15) is 10.4 Å². The molecule has 0 aliphatic rings. The average molecular weight is 415 g/mol. The number of nitrogens with zero attached hydrogens (tertiary/aromatic N) is 2. The first-order valence-electron chi connectivity index (χ1n) is 10.8. The standard InChI is InChI=1S/C24H34N2O4/c1-6-21(7-2)29-22-14-11-15-23(17-22)30-26(28)20-13-10-12-19(16-20)18-25(27)24(5,8-3)9-4/h10-17,21H,6-9,18H2,1-5H3/q-2. The molecule has 0 bridgehead atoms. The number of ether oxygens (including phenoxy) is 1. The summed E-state index contributed by atoms with van der Waals surface area (Å²) >= 11 is 0. The Kier molecular flexibility index (Phi) is 8.96. The van der Waals surface area contributed by atoms with Gasteiger partial charge >= 0.3 is 0 Å². The van der Waals surface area contributed by atoms with Gasteiger partial charge in [0.1, 0.15) is 5.75 Å². The minimum atomic E-state index is -0.418. The molecule has 6 nitrogen and oxygen atoms in total. The largest absolute Gasteiger partial charge is 0.785 e. The van der Waals surface area contributed by atoms with Gasteiger partial charge in [-0.15, -0.1) is 0 Å². The van der Waals surface area contributed by atoms with Crippen molar-refractivity contribution in [2.75, 3.05) is 5.23 Å². The number of hydrogen-bond acceptors (Lipinski definition) is 6. The van der Waals surface area contributed by atoms with E-state index in [0.717, 1.165) is 36.3 Å². The Morgan fingerprint density at radius 3 is 2.17 bits per heavy atom. The van der Waals surface area contributed by atoms with Crippen molar-refractivity contribution in [1.29, 1.82) is 0 Å². The van der Waals surface area contributed by atoms with Gasteiger partial charge in [0.2, 0.25) is 0 Å². The topological polar surface area (TPSA) is 71.1 Å². The molecule has 166 valence electrons. The highest BCUT2D eigenvalue weighted by Gasteiger charge is 2.21. The van der Waals surface area contributed by atoms with Crippen LogP contribution in [0.25, 0.3) is 0 Å². The minimum Gasteiger partial charge on any atom is -0.785 e. The second-order valence-corrected chi connectivity index (χ2v) is 7.79. The molecule has 0 saturated heterocycles. The summed E-state index contributed by atoms with van der Waals surface area (Å²) < 4.78 is 5.92. The zero-order chi connectivity index (χ0) is 22.1. The van der Waals surface area contributed by atoms with Crippen LogP contribution in [0.1, 0.15) is 65.9 Å². The van der Waals surface area contributed by atoms with Crippen LogP contribution in [0, 0.1) is 10.4 Å². The van der Waals surface area contributed by atoms with E-state index >= 15 is 0 Å². The summed E-state index contributed by atoms with van der Waals surface area (Å²) in [5, 5.41) is 26.8. The van der Waals surface area contributed by atoms with Crippen LogP contribution in [-0.4, -0.2) is 16.7 Å². The van der Waals surface area contributed by atoms with Crippen molar-refractivity contribution in [3.63, 3.8) is 0 Å². The zero-order valence-corrected chi connectivity index (χ0v) is 18.8. The fourth-order valence-electron chi connectivity index (χ4n) is 3.13. The molecule has 0 atom stereocenters. The molecule has 0 aliphatic heterocycles. The number of hydrogen-bond donors (Lipinski definition) is 0. The maximum absolute atomic E-state index is 12.6. The maximum Gasteiger partial charge on any atom is 0.157 e. The molecule has 6 heteroatoms. The van der Waals surface area contributed by atoms with Crippen molar-refractivity contribution in [1.82, 2.24) is 5.06 Å². The highest BCUT2D eigenvalue weighted by Crippen LogP contribution is 2.27. The third-order valence-electron chi connectivity index (χ3n) is 5.78. The molecule has 0 N–H and O–H groups in total. The normalized spacial score (nSPS) is 11.8. The molecule has 0 amide bonds. The van der Waals surface area contributed by atoms with E-state index < -0.39 is 5.54 Å². The van der Waals surface area contributed by atoms with Gasteiger partial charge in [-0.05, 0) is 62.4 Å². The summed E-state index contributed by atoms with van der Waals surface area (Å²) in [5.74, 6) is 1.07. The summed E-state index contributed by atoms with van der Waals surface area (Å²) in [6.45, 7) is 10.4. The Morgan fingerprint density at radius 1 is 0.900 bits per heavy atom. The van der Waals surface area contributed by atoms with Crippen molar-refractivity contribution in [2.45, 2.75) is 78.5 Å². The minimum absolute atomic E-state index is 0.132. The molecule has 0 aromatic heterocycles. The fourth-order valence-corrected chi connectivity index (χ4v) is 3.13. The molecule has 2 aromatic carbocycles. The van der Waals surface area contributed by atoms with Gasteiger partial charge in [-0.1, -0.05) is 45.9 Å². The Morgan fingerprint density at radius 2 is 1.53 bits per heavy atom. The van der Waals surface area contributed by atoms with E-state index in [2.05, 4.69) is 13.8 Å². The van der Waals surface area contributed by atoms with Crippen LogP contribution in [0.4, 0.5) is 5.69 Å². The molecule has 2 aromatic rings. The van der Waals surface area contributed by atoms with Crippen molar-refractivity contribution in [3.05, 3.63) is 64.5 Å². The van der Waals surface area contributed by atoms with E-state index in [1.807, 2.05) is 32.9 Å². The summed E-state index contributed by atoms with van der Waals surface area (Å²) in [6.07, 6.45) is 3.48. The number of rotatable bonds is 12. The predicted octanol–water partition coefficient (Wildman–Crippen LogP) is 6.43. The van der Waals surface area contributed by atoms with Crippen LogP contribution in [0.2, 0.25) is 0 Å². The molecule has 0 radical (unpaired) electrons. The highest BCUT2D eigenvalue weighted by molar-refractivity contribution is 5.48. The third-order valence-corrected chi connectivity index (χ3v) is 5.78. The first-order chi connectivity index (χ1) is 14.3. The van der Waals surface area contributed by atoms with E-state index in [1.54, 1.807) is 36.4 Å². The smallest absolute Gasteiger partial charge is 0.157 e. The first kappa shape index (κ1) is 24.0. The molecule has 0 heterocycles. The molecular weight excluding hydrogens is 380 g/mol. The van der Waals surface area contributed by atoms with Gasteiger partial charge in [-0.2, -0.15) is 0 Å². The second-order valence-electron chi connectivity index (χ2n) is 7.79. The summed E-state index contributed by atoms with van der Waals surface area (Å²) in [5.41, 5.74) is 0.687. The molecule has 30 heavy (non-hydrogen) atoms. The Hall–Kier alpha value is -2.28. The average Bonchev–Trinajstić information content (AvgIpc) is 2.77. The van der Waals surface area contributed by atoms with Crippen LogP contribution in [0.3, 0.4) is 0 Å². The summed E-state index contributed by atoms with van der Waals surface area (Å²) in [6, 6.07) is 14.0. The third kappa shape index (κ3) is 6.36. The lowest BCUT2D eigenvalue weighted by atomic mass is 9.94. The van der Waals surface area contributed by atoms with Crippen molar-refractivity contribution >= 4 is 5.69 Å². The van der Waals surface area contributed by atoms with Gasteiger partial charge in [0, 0.05) is 18.2 Å². The molecule has 0 spiro atoms. The molecule has 0 fully saturated rings. The van der Waals surface area contributed by atoms with E-state index in [0.29, 0.717) is 22.4 Å². The number of anilines is 1. The van der Waals surface area contributed by atoms with Crippen LogP contribution in [0.5, 0.6) is 11.5 Å². The van der Waals surface area contributed by atoms with Gasteiger partial charge in [0.05, 0.1) is 11.8 Å². The summed E-state index contributed by atoms with van der Waals surface area (Å²) in [7, 11) is 0. The SMILES string of the molecule is CCC(CC)Oc1cccc(ON([O-])c2cccc(CN([O-])C(C)(CC)CC)c2)c1. The Labute approximate surface area is 180 Å². The van der Waals surface area contributed by atoms with Crippen LogP contribution in [0.15, 0.2) is 48.5 Å². The Bertz CT molecular complexity index is 775. The molecular formula is C24H34N2O4-2. The van der Waals surface area contributed by atoms with Crippen molar-refractivity contribution in [3.8, 4) is 11.5 Å². The Balaban J connectivity index is 2.08. The first-order valence-corrected chi connectivity index (χ1v) is 10.8.